The van der Waals surface area contributed by atoms with Crippen molar-refractivity contribution < 1.29 is 28.8 Å². The van der Waals surface area contributed by atoms with Gasteiger partial charge in [0.1, 0.15) is 24.1 Å². The Balaban J connectivity index is 1.16. The summed E-state index contributed by atoms with van der Waals surface area (Å²) in [6.07, 6.45) is 2.43. The lowest BCUT2D eigenvalue weighted by atomic mass is 9.69. The number of alkyl carbamates (subject to hydrolysis) is 1. The average molecular weight is 476 g/mol. The summed E-state index contributed by atoms with van der Waals surface area (Å²) in [5.74, 6) is -1.47. The number of hydrogen-bond donors (Lipinski definition) is 3. The summed E-state index contributed by atoms with van der Waals surface area (Å²) < 4.78 is 10.4. The van der Waals surface area contributed by atoms with Gasteiger partial charge in [0.05, 0.1) is 12.0 Å². The van der Waals surface area contributed by atoms with Gasteiger partial charge in [-0.3, -0.25) is 9.59 Å². The van der Waals surface area contributed by atoms with E-state index in [9.17, 15) is 19.5 Å². The van der Waals surface area contributed by atoms with Crippen LogP contribution in [0, 0.1) is 5.41 Å². The number of aromatic nitrogens is 1. The maximum atomic E-state index is 12.6. The molecule has 180 valence electrons. The number of amides is 2. The van der Waals surface area contributed by atoms with Crippen LogP contribution in [0.15, 0.2) is 59.3 Å². The second-order valence-electron chi connectivity index (χ2n) is 8.98. The molecule has 3 aromatic rings. The lowest BCUT2D eigenvalue weighted by molar-refractivity contribution is -0.153. The molecule has 0 saturated heterocycles. The Kier molecular flexibility index (Phi) is 5.98. The van der Waals surface area contributed by atoms with Gasteiger partial charge in [-0.2, -0.15) is 0 Å². The quantitative estimate of drug-likeness (QED) is 0.453. The second-order valence-corrected chi connectivity index (χ2v) is 8.98. The summed E-state index contributed by atoms with van der Waals surface area (Å²) in [5, 5.41) is 18.5. The van der Waals surface area contributed by atoms with Crippen molar-refractivity contribution >= 4 is 18.0 Å². The van der Waals surface area contributed by atoms with E-state index in [1.807, 2.05) is 36.4 Å². The number of carboxylic acid groups (broad SMARTS) is 1. The summed E-state index contributed by atoms with van der Waals surface area (Å²) in [7, 11) is 0. The minimum atomic E-state index is -0.911. The first-order valence-corrected chi connectivity index (χ1v) is 11.5. The summed E-state index contributed by atoms with van der Waals surface area (Å²) in [6.45, 7) is 0.134. The Morgan fingerprint density at radius 2 is 1.69 bits per heavy atom. The van der Waals surface area contributed by atoms with E-state index in [2.05, 4.69) is 27.9 Å². The number of carbonyl (C=O) groups is 3. The van der Waals surface area contributed by atoms with E-state index >= 15 is 0 Å². The van der Waals surface area contributed by atoms with Crippen molar-refractivity contribution in [3.8, 4) is 11.1 Å². The summed E-state index contributed by atoms with van der Waals surface area (Å²) in [4.78, 5) is 36.5. The average Bonchev–Trinajstić information content (AvgIpc) is 3.43. The first-order valence-electron chi connectivity index (χ1n) is 11.5. The highest BCUT2D eigenvalue weighted by Gasteiger charge is 2.44. The SMILES string of the molecule is O=C(NCc1nocc1C(=O)NCC1(C(=O)O)CCC1)OCC1c2ccccc2-c2ccccc21. The Morgan fingerprint density at radius 3 is 2.29 bits per heavy atom. The Morgan fingerprint density at radius 1 is 1.03 bits per heavy atom. The van der Waals surface area contributed by atoms with Gasteiger partial charge in [0, 0.05) is 12.5 Å². The molecule has 0 spiro atoms. The van der Waals surface area contributed by atoms with Crippen molar-refractivity contribution in [2.75, 3.05) is 13.2 Å². The van der Waals surface area contributed by atoms with E-state index in [0.29, 0.717) is 12.8 Å². The number of carboxylic acids is 1. The third kappa shape index (κ3) is 4.25. The van der Waals surface area contributed by atoms with E-state index in [1.54, 1.807) is 0 Å². The first kappa shape index (κ1) is 22.6. The largest absolute Gasteiger partial charge is 0.481 e. The lowest BCUT2D eigenvalue weighted by Crippen LogP contribution is -2.47. The van der Waals surface area contributed by atoms with Crippen LogP contribution in [0.5, 0.6) is 0 Å². The molecule has 2 aliphatic carbocycles. The fourth-order valence-corrected chi connectivity index (χ4v) is 4.79. The lowest BCUT2D eigenvalue weighted by Gasteiger charge is -2.37. The Hall–Kier alpha value is -4.14. The molecule has 0 unspecified atom stereocenters. The second kappa shape index (κ2) is 9.25. The molecule has 1 heterocycles. The first-order chi connectivity index (χ1) is 17.0. The number of benzene rings is 2. The summed E-state index contributed by atoms with van der Waals surface area (Å²) >= 11 is 0. The minimum Gasteiger partial charge on any atom is -0.481 e. The van der Waals surface area contributed by atoms with Crippen molar-refractivity contribution in [3.63, 3.8) is 0 Å². The molecule has 0 radical (unpaired) electrons. The molecule has 0 bridgehead atoms. The number of nitrogens with one attached hydrogen (secondary N) is 2. The van der Waals surface area contributed by atoms with E-state index < -0.39 is 23.4 Å². The van der Waals surface area contributed by atoms with E-state index in [1.165, 1.54) is 6.26 Å². The van der Waals surface area contributed by atoms with Crippen LogP contribution < -0.4 is 10.6 Å². The van der Waals surface area contributed by atoms with Gasteiger partial charge in [-0.1, -0.05) is 60.1 Å². The van der Waals surface area contributed by atoms with Crippen LogP contribution in [0.1, 0.15) is 52.4 Å². The molecule has 35 heavy (non-hydrogen) atoms. The third-order valence-corrected chi connectivity index (χ3v) is 6.98. The molecular weight excluding hydrogens is 450 g/mol. The molecule has 1 aromatic heterocycles. The summed E-state index contributed by atoms with van der Waals surface area (Å²) in [6, 6.07) is 16.1. The van der Waals surface area contributed by atoms with Gasteiger partial charge in [0.25, 0.3) is 5.91 Å². The Labute approximate surface area is 201 Å². The van der Waals surface area contributed by atoms with Crippen molar-refractivity contribution in [1.82, 2.24) is 15.8 Å². The third-order valence-electron chi connectivity index (χ3n) is 6.98. The van der Waals surface area contributed by atoms with E-state index in [-0.39, 0.29) is 36.9 Å². The number of carbonyl (C=O) groups excluding carboxylic acids is 2. The summed E-state index contributed by atoms with van der Waals surface area (Å²) in [5.41, 5.74) is 3.97. The zero-order valence-corrected chi connectivity index (χ0v) is 19.0. The van der Waals surface area contributed by atoms with Gasteiger partial charge in [-0.15, -0.1) is 0 Å². The number of nitrogens with zero attached hydrogens (tertiary/aromatic N) is 1. The monoisotopic (exact) mass is 475 g/mol. The molecule has 2 aliphatic rings. The topological polar surface area (TPSA) is 131 Å². The molecule has 9 nitrogen and oxygen atoms in total. The normalized spacial score (nSPS) is 15.4. The zero-order chi connectivity index (χ0) is 24.4. The van der Waals surface area contributed by atoms with Gasteiger partial charge >= 0.3 is 12.1 Å². The molecule has 0 atom stereocenters. The number of rotatable bonds is 8. The fourth-order valence-electron chi connectivity index (χ4n) is 4.79. The van der Waals surface area contributed by atoms with Gasteiger partial charge in [-0.25, -0.2) is 4.79 Å². The van der Waals surface area contributed by atoms with Crippen LogP contribution in [0.4, 0.5) is 4.79 Å². The molecule has 2 amide bonds. The fraction of sp³-hybridized carbons (Fsp3) is 0.308. The minimum absolute atomic E-state index is 0.0333. The van der Waals surface area contributed by atoms with Crippen molar-refractivity contribution in [2.45, 2.75) is 31.7 Å². The maximum absolute atomic E-state index is 12.6. The van der Waals surface area contributed by atoms with Crippen molar-refractivity contribution in [1.29, 1.82) is 0 Å². The molecule has 0 aliphatic heterocycles. The predicted molar refractivity (Wildman–Crippen MR) is 125 cm³/mol. The smallest absolute Gasteiger partial charge is 0.407 e. The number of fused-ring (bicyclic) bond motifs is 3. The number of aliphatic carboxylic acids is 1. The van der Waals surface area contributed by atoms with Gasteiger partial charge in [0.2, 0.25) is 0 Å². The van der Waals surface area contributed by atoms with Gasteiger partial charge < -0.3 is 25.0 Å². The number of ether oxygens (including phenoxy) is 1. The molecule has 1 fully saturated rings. The van der Waals surface area contributed by atoms with Gasteiger partial charge in [0.15, 0.2) is 0 Å². The molecule has 3 N–H and O–H groups in total. The number of hydrogen-bond acceptors (Lipinski definition) is 6. The molecule has 9 heteroatoms. The van der Waals surface area contributed by atoms with E-state index in [4.69, 9.17) is 9.26 Å². The Bertz CT molecular complexity index is 1230. The maximum Gasteiger partial charge on any atom is 0.407 e. The van der Waals surface area contributed by atoms with Crippen LogP contribution >= 0.6 is 0 Å². The molecule has 1 saturated carbocycles. The molecule has 5 rings (SSSR count). The highest BCUT2D eigenvalue weighted by Crippen LogP contribution is 2.44. The zero-order valence-electron chi connectivity index (χ0n) is 19.0. The van der Waals surface area contributed by atoms with Gasteiger partial charge in [-0.05, 0) is 35.1 Å². The standard InChI is InChI=1S/C26H25N3O6/c30-23(28-15-26(24(31)32)10-5-11-26)21-14-35-29-22(21)12-27-25(33)34-13-20-18-8-3-1-6-16(18)17-7-2-4-9-19(17)20/h1-4,6-9,14,20H,5,10-13,15H2,(H,27,33)(H,28,30)(H,31,32). The van der Waals surface area contributed by atoms with Crippen LogP contribution in [-0.2, 0) is 16.1 Å². The molecule has 2 aromatic carbocycles. The van der Waals surface area contributed by atoms with Crippen LogP contribution in [0.3, 0.4) is 0 Å². The van der Waals surface area contributed by atoms with Crippen LogP contribution in [0.25, 0.3) is 11.1 Å². The highest BCUT2D eigenvalue weighted by atomic mass is 16.5. The van der Waals surface area contributed by atoms with E-state index in [0.717, 1.165) is 28.7 Å². The highest BCUT2D eigenvalue weighted by molar-refractivity contribution is 5.95. The van der Waals surface area contributed by atoms with Crippen LogP contribution in [-0.4, -0.2) is 41.4 Å². The van der Waals surface area contributed by atoms with Crippen molar-refractivity contribution in [3.05, 3.63) is 77.2 Å². The van der Waals surface area contributed by atoms with Crippen LogP contribution in [0.2, 0.25) is 0 Å². The molecular formula is C26H25N3O6. The van der Waals surface area contributed by atoms with Crippen molar-refractivity contribution in [2.24, 2.45) is 5.41 Å². The predicted octanol–water partition coefficient (Wildman–Crippen LogP) is 3.70.